The zero-order valence-corrected chi connectivity index (χ0v) is 13.3. The van der Waals surface area contributed by atoms with Gasteiger partial charge < -0.3 is 14.2 Å². The second kappa shape index (κ2) is 8.63. The van der Waals surface area contributed by atoms with E-state index in [1.807, 2.05) is 48.5 Å². The smallest absolute Gasteiger partial charge is 0.330 e. The van der Waals surface area contributed by atoms with Crippen molar-refractivity contribution in [3.05, 3.63) is 65.7 Å². The summed E-state index contributed by atoms with van der Waals surface area (Å²) in [5, 5.41) is 0. The molecule has 0 radical (unpaired) electrons. The third-order valence-corrected chi connectivity index (χ3v) is 3.14. The first kappa shape index (κ1) is 16.6. The lowest BCUT2D eigenvalue weighted by atomic mass is 10.1. The normalized spacial score (nSPS) is 10.5. The second-order valence-corrected chi connectivity index (χ2v) is 4.74. The lowest BCUT2D eigenvalue weighted by Gasteiger charge is -2.13. The third kappa shape index (κ3) is 4.88. The van der Waals surface area contributed by atoms with Gasteiger partial charge in [-0.25, -0.2) is 4.79 Å². The average molecular weight is 312 g/mol. The van der Waals surface area contributed by atoms with Gasteiger partial charge in [0.25, 0.3) is 0 Å². The molecule has 0 saturated carbocycles. The van der Waals surface area contributed by atoms with Crippen LogP contribution in [0.3, 0.4) is 0 Å². The number of methoxy groups -OCH3 is 1. The van der Waals surface area contributed by atoms with Crippen LogP contribution in [0.2, 0.25) is 0 Å². The Kier molecular flexibility index (Phi) is 6.24. The molecule has 4 nitrogen and oxygen atoms in total. The van der Waals surface area contributed by atoms with Crippen molar-refractivity contribution in [2.45, 2.75) is 13.5 Å². The van der Waals surface area contributed by atoms with Crippen molar-refractivity contribution in [1.82, 2.24) is 0 Å². The molecule has 4 heteroatoms. The van der Waals surface area contributed by atoms with Gasteiger partial charge in [-0.1, -0.05) is 42.5 Å². The average Bonchev–Trinajstić information content (AvgIpc) is 2.59. The predicted molar refractivity (Wildman–Crippen MR) is 89.4 cm³/mol. The van der Waals surface area contributed by atoms with Crippen LogP contribution in [0.1, 0.15) is 18.1 Å². The van der Waals surface area contributed by atoms with E-state index in [2.05, 4.69) is 0 Å². The summed E-state index contributed by atoms with van der Waals surface area (Å²) in [7, 11) is 1.59. The molecule has 0 aromatic heterocycles. The zero-order chi connectivity index (χ0) is 16.5. The number of carbonyl (C=O) groups is 1. The molecule has 120 valence electrons. The quantitative estimate of drug-likeness (QED) is 0.575. The molecule has 0 heterocycles. The van der Waals surface area contributed by atoms with Crippen LogP contribution < -0.4 is 9.47 Å². The van der Waals surface area contributed by atoms with Crippen LogP contribution in [0.5, 0.6) is 11.5 Å². The Labute approximate surface area is 136 Å². The summed E-state index contributed by atoms with van der Waals surface area (Å²) in [5.74, 6) is 0.829. The molecule has 0 spiro atoms. The van der Waals surface area contributed by atoms with Crippen molar-refractivity contribution in [2.24, 2.45) is 0 Å². The second-order valence-electron chi connectivity index (χ2n) is 4.74. The highest BCUT2D eigenvalue weighted by Crippen LogP contribution is 2.32. The molecule has 0 amide bonds. The summed E-state index contributed by atoms with van der Waals surface area (Å²) in [4.78, 5) is 11.5. The fourth-order valence-electron chi connectivity index (χ4n) is 2.06. The number of hydrogen-bond donors (Lipinski definition) is 0. The molecular formula is C19H20O4. The molecule has 0 aliphatic carbocycles. The van der Waals surface area contributed by atoms with E-state index in [0.717, 1.165) is 11.1 Å². The van der Waals surface area contributed by atoms with E-state index in [1.54, 1.807) is 20.1 Å². The van der Waals surface area contributed by atoms with Crippen molar-refractivity contribution in [3.63, 3.8) is 0 Å². The SMILES string of the molecule is CCOC(=O)/C=C/c1cccc(OC)c1OCc1ccccc1. The molecule has 0 fully saturated rings. The summed E-state index contributed by atoms with van der Waals surface area (Å²) in [6.45, 7) is 2.53. The van der Waals surface area contributed by atoms with Gasteiger partial charge in [0.2, 0.25) is 0 Å². The lowest BCUT2D eigenvalue weighted by Crippen LogP contribution is -2.01. The Morgan fingerprint density at radius 1 is 1.09 bits per heavy atom. The Hall–Kier alpha value is -2.75. The molecule has 2 aromatic rings. The number of para-hydroxylation sites is 1. The van der Waals surface area contributed by atoms with E-state index in [0.29, 0.717) is 24.7 Å². The maximum atomic E-state index is 11.5. The highest BCUT2D eigenvalue weighted by Gasteiger charge is 2.09. The molecule has 0 atom stereocenters. The minimum atomic E-state index is -0.385. The number of esters is 1. The lowest BCUT2D eigenvalue weighted by molar-refractivity contribution is -0.137. The topological polar surface area (TPSA) is 44.8 Å². The summed E-state index contributed by atoms with van der Waals surface area (Å²) in [6.07, 6.45) is 3.05. The minimum Gasteiger partial charge on any atom is -0.493 e. The largest absolute Gasteiger partial charge is 0.493 e. The van der Waals surface area contributed by atoms with E-state index in [9.17, 15) is 4.79 Å². The van der Waals surface area contributed by atoms with Gasteiger partial charge in [0.15, 0.2) is 11.5 Å². The number of benzene rings is 2. The summed E-state index contributed by atoms with van der Waals surface area (Å²) >= 11 is 0. The van der Waals surface area contributed by atoms with Gasteiger partial charge in [0.05, 0.1) is 13.7 Å². The Morgan fingerprint density at radius 2 is 1.87 bits per heavy atom. The van der Waals surface area contributed by atoms with E-state index in [4.69, 9.17) is 14.2 Å². The van der Waals surface area contributed by atoms with Crippen LogP contribution in [0, 0.1) is 0 Å². The summed E-state index contributed by atoms with van der Waals surface area (Å²) in [5.41, 5.74) is 1.81. The van der Waals surface area contributed by atoms with E-state index >= 15 is 0 Å². The van der Waals surface area contributed by atoms with Crippen molar-refractivity contribution in [3.8, 4) is 11.5 Å². The molecule has 0 bridgehead atoms. The zero-order valence-electron chi connectivity index (χ0n) is 13.3. The number of ether oxygens (including phenoxy) is 3. The fourth-order valence-corrected chi connectivity index (χ4v) is 2.06. The summed E-state index contributed by atoms with van der Waals surface area (Å²) < 4.78 is 16.2. The molecule has 23 heavy (non-hydrogen) atoms. The van der Waals surface area contributed by atoms with E-state index in [1.165, 1.54) is 6.08 Å². The molecule has 2 rings (SSSR count). The maximum absolute atomic E-state index is 11.5. The molecule has 2 aromatic carbocycles. The first-order valence-electron chi connectivity index (χ1n) is 7.43. The van der Waals surface area contributed by atoms with Gasteiger partial charge in [-0.05, 0) is 24.6 Å². The van der Waals surface area contributed by atoms with Gasteiger partial charge in [-0.15, -0.1) is 0 Å². The predicted octanol–water partition coefficient (Wildman–Crippen LogP) is 3.85. The van der Waals surface area contributed by atoms with Crippen molar-refractivity contribution in [2.75, 3.05) is 13.7 Å². The molecule has 0 aliphatic rings. The first-order chi connectivity index (χ1) is 11.2. The van der Waals surface area contributed by atoms with Crippen molar-refractivity contribution in [1.29, 1.82) is 0 Å². The van der Waals surface area contributed by atoms with Gasteiger partial charge in [0, 0.05) is 11.6 Å². The van der Waals surface area contributed by atoms with E-state index < -0.39 is 0 Å². The Balaban J connectivity index is 2.20. The van der Waals surface area contributed by atoms with Crippen LogP contribution >= 0.6 is 0 Å². The molecule has 0 unspecified atom stereocenters. The van der Waals surface area contributed by atoms with E-state index in [-0.39, 0.29) is 5.97 Å². The van der Waals surface area contributed by atoms with Gasteiger partial charge in [-0.3, -0.25) is 0 Å². The minimum absolute atomic E-state index is 0.346. The highest BCUT2D eigenvalue weighted by molar-refractivity contribution is 5.87. The standard InChI is InChI=1S/C19H20O4/c1-3-22-18(20)13-12-16-10-7-11-17(21-2)19(16)23-14-15-8-5-4-6-9-15/h4-13H,3,14H2,1-2H3/b13-12+. The van der Waals surface area contributed by atoms with Crippen molar-refractivity contribution < 1.29 is 19.0 Å². The highest BCUT2D eigenvalue weighted by atomic mass is 16.5. The molecular weight excluding hydrogens is 292 g/mol. The van der Waals surface area contributed by atoms with Crippen LogP contribution in [-0.2, 0) is 16.1 Å². The molecule has 0 saturated heterocycles. The Morgan fingerprint density at radius 3 is 2.57 bits per heavy atom. The number of rotatable bonds is 7. The Bertz CT molecular complexity index is 662. The van der Waals surface area contributed by atoms with Crippen LogP contribution in [-0.4, -0.2) is 19.7 Å². The number of carbonyl (C=O) groups excluding carboxylic acids is 1. The first-order valence-corrected chi connectivity index (χ1v) is 7.43. The van der Waals surface area contributed by atoms with Gasteiger partial charge >= 0.3 is 5.97 Å². The van der Waals surface area contributed by atoms with Gasteiger partial charge in [0.1, 0.15) is 6.61 Å². The van der Waals surface area contributed by atoms with Crippen molar-refractivity contribution >= 4 is 12.0 Å². The monoisotopic (exact) mass is 312 g/mol. The van der Waals surface area contributed by atoms with Crippen LogP contribution in [0.25, 0.3) is 6.08 Å². The van der Waals surface area contributed by atoms with Crippen LogP contribution in [0.4, 0.5) is 0 Å². The molecule has 0 N–H and O–H groups in total. The summed E-state index contributed by atoms with van der Waals surface area (Å²) in [6, 6.07) is 15.4. The molecule has 0 aliphatic heterocycles. The maximum Gasteiger partial charge on any atom is 0.330 e. The van der Waals surface area contributed by atoms with Gasteiger partial charge in [-0.2, -0.15) is 0 Å². The fraction of sp³-hybridized carbons (Fsp3) is 0.211. The number of hydrogen-bond acceptors (Lipinski definition) is 4. The van der Waals surface area contributed by atoms with Crippen LogP contribution in [0.15, 0.2) is 54.6 Å². The third-order valence-electron chi connectivity index (χ3n) is 3.14.